The fourth-order valence-corrected chi connectivity index (χ4v) is 1.87. The lowest BCUT2D eigenvalue weighted by Crippen LogP contribution is -1.99. The fourth-order valence-electron chi connectivity index (χ4n) is 1.46. The van der Waals surface area contributed by atoms with Crippen molar-refractivity contribution in [1.29, 1.82) is 0 Å². The van der Waals surface area contributed by atoms with Crippen LogP contribution in [-0.4, -0.2) is 14.5 Å². The van der Waals surface area contributed by atoms with Gasteiger partial charge in [-0.3, -0.25) is 0 Å². The van der Waals surface area contributed by atoms with E-state index in [0.717, 1.165) is 12.0 Å². The second-order valence-corrected chi connectivity index (χ2v) is 4.75. The SMILES string of the molecule is CCCCc1ccc(CCS(=O)O)cc1. The van der Waals surface area contributed by atoms with E-state index >= 15 is 0 Å². The Morgan fingerprint density at radius 2 is 1.67 bits per heavy atom. The Bertz CT molecular complexity index is 306. The number of rotatable bonds is 6. The molecule has 0 heterocycles. The predicted octanol–water partition coefficient (Wildman–Crippen LogP) is 2.79. The Kier molecular flexibility index (Phi) is 5.58. The van der Waals surface area contributed by atoms with Crippen LogP contribution in [0.25, 0.3) is 0 Å². The highest BCUT2D eigenvalue weighted by Gasteiger charge is 1.97. The van der Waals surface area contributed by atoms with Crippen molar-refractivity contribution >= 4 is 11.1 Å². The van der Waals surface area contributed by atoms with E-state index in [2.05, 4.69) is 31.2 Å². The van der Waals surface area contributed by atoms with Crippen molar-refractivity contribution in [3.8, 4) is 0 Å². The van der Waals surface area contributed by atoms with Crippen molar-refractivity contribution < 1.29 is 8.76 Å². The van der Waals surface area contributed by atoms with Crippen LogP contribution in [0.5, 0.6) is 0 Å². The zero-order valence-electron chi connectivity index (χ0n) is 9.11. The molecule has 1 atom stereocenters. The highest BCUT2D eigenvalue weighted by molar-refractivity contribution is 7.79. The summed E-state index contributed by atoms with van der Waals surface area (Å²) in [5.74, 6) is 0.328. The van der Waals surface area contributed by atoms with Gasteiger partial charge in [-0.25, -0.2) is 4.21 Å². The molecule has 84 valence electrons. The van der Waals surface area contributed by atoms with Gasteiger partial charge in [0.25, 0.3) is 0 Å². The molecule has 0 aliphatic rings. The molecule has 0 aromatic heterocycles. The van der Waals surface area contributed by atoms with Crippen molar-refractivity contribution in [3.63, 3.8) is 0 Å². The maximum absolute atomic E-state index is 10.5. The largest absolute Gasteiger partial charge is 0.306 e. The highest BCUT2D eigenvalue weighted by atomic mass is 32.2. The minimum absolute atomic E-state index is 0.328. The monoisotopic (exact) mass is 226 g/mol. The number of hydrogen-bond donors (Lipinski definition) is 1. The summed E-state index contributed by atoms with van der Waals surface area (Å²) in [4.78, 5) is 0. The second-order valence-electron chi connectivity index (χ2n) is 3.70. The molecule has 0 aliphatic heterocycles. The molecule has 1 aromatic carbocycles. The summed E-state index contributed by atoms with van der Waals surface area (Å²) < 4.78 is 19.1. The molecular weight excluding hydrogens is 208 g/mol. The van der Waals surface area contributed by atoms with Crippen molar-refractivity contribution in [1.82, 2.24) is 0 Å². The Morgan fingerprint density at radius 3 is 2.13 bits per heavy atom. The first-order chi connectivity index (χ1) is 7.22. The number of hydrogen-bond acceptors (Lipinski definition) is 1. The minimum Gasteiger partial charge on any atom is -0.306 e. The first-order valence-corrected chi connectivity index (χ1v) is 6.65. The molecule has 1 rings (SSSR count). The molecule has 0 bridgehead atoms. The Balaban J connectivity index is 2.45. The Labute approximate surface area is 94.0 Å². The lowest BCUT2D eigenvalue weighted by molar-refractivity contribution is 0.563. The summed E-state index contributed by atoms with van der Waals surface area (Å²) >= 11 is -1.68. The number of unbranched alkanes of at least 4 members (excludes halogenated alkanes) is 1. The first kappa shape index (κ1) is 12.4. The quantitative estimate of drug-likeness (QED) is 0.757. The molecule has 1 unspecified atom stereocenters. The van der Waals surface area contributed by atoms with Crippen molar-refractivity contribution in [2.24, 2.45) is 0 Å². The van der Waals surface area contributed by atoms with Gasteiger partial charge < -0.3 is 4.55 Å². The van der Waals surface area contributed by atoms with Crippen LogP contribution in [0.15, 0.2) is 24.3 Å². The van der Waals surface area contributed by atoms with Crippen LogP contribution in [0, 0.1) is 0 Å². The van der Waals surface area contributed by atoms with E-state index in [4.69, 9.17) is 4.55 Å². The summed E-state index contributed by atoms with van der Waals surface area (Å²) in [6.45, 7) is 2.19. The van der Waals surface area contributed by atoms with Crippen LogP contribution in [0.3, 0.4) is 0 Å². The van der Waals surface area contributed by atoms with E-state index in [-0.39, 0.29) is 0 Å². The van der Waals surface area contributed by atoms with Gasteiger partial charge in [-0.2, -0.15) is 0 Å². The Hall–Kier alpha value is -0.670. The van der Waals surface area contributed by atoms with Gasteiger partial charge in [-0.15, -0.1) is 0 Å². The standard InChI is InChI=1S/C12H18O2S/c1-2-3-4-11-5-7-12(8-6-11)9-10-15(13)14/h5-8H,2-4,9-10H2,1H3,(H,13,14). The molecule has 1 aromatic rings. The van der Waals surface area contributed by atoms with Crippen LogP contribution in [0.1, 0.15) is 30.9 Å². The third kappa shape index (κ3) is 5.09. The van der Waals surface area contributed by atoms with E-state index < -0.39 is 11.1 Å². The smallest absolute Gasteiger partial charge is 0.153 e. The van der Waals surface area contributed by atoms with Gasteiger partial charge in [0.1, 0.15) is 0 Å². The number of aryl methyl sites for hydroxylation is 2. The minimum atomic E-state index is -1.68. The van der Waals surface area contributed by atoms with Gasteiger partial charge in [0.05, 0.1) is 5.75 Å². The molecule has 0 saturated heterocycles. The maximum Gasteiger partial charge on any atom is 0.153 e. The van der Waals surface area contributed by atoms with E-state index in [9.17, 15) is 4.21 Å². The maximum atomic E-state index is 10.5. The third-order valence-electron chi connectivity index (χ3n) is 2.41. The molecule has 0 aliphatic carbocycles. The van der Waals surface area contributed by atoms with E-state index in [1.54, 1.807) is 0 Å². The van der Waals surface area contributed by atoms with E-state index in [1.807, 2.05) is 0 Å². The first-order valence-electron chi connectivity index (χ1n) is 5.37. The molecule has 0 saturated carbocycles. The molecule has 0 fully saturated rings. The summed E-state index contributed by atoms with van der Waals surface area (Å²) in [6.07, 6.45) is 4.24. The topological polar surface area (TPSA) is 37.3 Å². The zero-order valence-corrected chi connectivity index (χ0v) is 9.93. The fraction of sp³-hybridized carbons (Fsp3) is 0.500. The number of benzene rings is 1. The Morgan fingerprint density at radius 1 is 1.13 bits per heavy atom. The second kappa shape index (κ2) is 6.75. The summed E-state index contributed by atoms with van der Waals surface area (Å²) in [5, 5.41) is 0. The summed E-state index contributed by atoms with van der Waals surface area (Å²) in [7, 11) is 0. The van der Waals surface area contributed by atoms with Crippen molar-refractivity contribution in [2.75, 3.05) is 5.75 Å². The van der Waals surface area contributed by atoms with E-state index in [1.165, 1.54) is 18.4 Å². The molecular formula is C12H18O2S. The average Bonchev–Trinajstić information content (AvgIpc) is 2.25. The van der Waals surface area contributed by atoms with Gasteiger partial charge in [0.2, 0.25) is 0 Å². The van der Waals surface area contributed by atoms with Crippen LogP contribution in [0.4, 0.5) is 0 Å². The molecule has 2 nitrogen and oxygen atoms in total. The molecule has 0 spiro atoms. The molecule has 0 radical (unpaired) electrons. The summed E-state index contributed by atoms with van der Waals surface area (Å²) in [5.41, 5.74) is 2.49. The zero-order chi connectivity index (χ0) is 11.1. The molecule has 1 N–H and O–H groups in total. The van der Waals surface area contributed by atoms with Gasteiger partial charge in [-0.1, -0.05) is 37.6 Å². The average molecular weight is 226 g/mol. The lowest BCUT2D eigenvalue weighted by Gasteiger charge is -2.02. The van der Waals surface area contributed by atoms with Gasteiger partial charge in [0, 0.05) is 0 Å². The molecule has 0 amide bonds. The molecule has 15 heavy (non-hydrogen) atoms. The highest BCUT2D eigenvalue weighted by Crippen LogP contribution is 2.08. The lowest BCUT2D eigenvalue weighted by atomic mass is 10.1. The van der Waals surface area contributed by atoms with Gasteiger partial charge in [0.15, 0.2) is 11.1 Å². The third-order valence-corrected chi connectivity index (χ3v) is 2.96. The van der Waals surface area contributed by atoms with Crippen molar-refractivity contribution in [3.05, 3.63) is 35.4 Å². The van der Waals surface area contributed by atoms with Crippen LogP contribution < -0.4 is 0 Å². The van der Waals surface area contributed by atoms with Gasteiger partial charge >= 0.3 is 0 Å². The van der Waals surface area contributed by atoms with Crippen LogP contribution >= 0.6 is 0 Å². The van der Waals surface area contributed by atoms with Crippen LogP contribution in [0.2, 0.25) is 0 Å². The summed E-state index contributed by atoms with van der Waals surface area (Å²) in [6, 6.07) is 8.34. The molecule has 3 heteroatoms. The van der Waals surface area contributed by atoms with Crippen molar-refractivity contribution in [2.45, 2.75) is 32.6 Å². The predicted molar refractivity (Wildman–Crippen MR) is 64.4 cm³/mol. The van der Waals surface area contributed by atoms with Gasteiger partial charge in [-0.05, 0) is 30.4 Å². The normalized spacial score (nSPS) is 12.7. The van der Waals surface area contributed by atoms with Crippen LogP contribution in [-0.2, 0) is 23.9 Å². The van der Waals surface area contributed by atoms with E-state index in [0.29, 0.717) is 12.2 Å².